The predicted octanol–water partition coefficient (Wildman–Crippen LogP) is 4.82. The van der Waals surface area contributed by atoms with Crippen LogP contribution in [0.3, 0.4) is 0 Å². The number of benzene rings is 1. The highest BCUT2D eigenvalue weighted by molar-refractivity contribution is 7.19. The van der Waals surface area contributed by atoms with E-state index in [1.807, 2.05) is 24.4 Å². The van der Waals surface area contributed by atoms with Crippen molar-refractivity contribution in [2.45, 2.75) is 6.92 Å². The van der Waals surface area contributed by atoms with E-state index in [0.29, 0.717) is 0 Å². The first-order valence-electron chi connectivity index (χ1n) is 6.53. The molecule has 0 saturated carbocycles. The van der Waals surface area contributed by atoms with E-state index in [0.717, 1.165) is 22.3 Å². The fraction of sp³-hybridized carbons (Fsp3) is 0.0588. The van der Waals surface area contributed by atoms with Gasteiger partial charge in [0, 0.05) is 22.0 Å². The van der Waals surface area contributed by atoms with Crippen molar-refractivity contribution >= 4 is 32.5 Å². The first kappa shape index (κ1) is 11.6. The third-order valence-electron chi connectivity index (χ3n) is 3.39. The third kappa shape index (κ3) is 1.71. The summed E-state index contributed by atoms with van der Waals surface area (Å²) in [7, 11) is 0. The molecule has 0 aliphatic rings. The van der Waals surface area contributed by atoms with Crippen LogP contribution in [-0.2, 0) is 0 Å². The first-order valence-corrected chi connectivity index (χ1v) is 7.35. The molecular formula is C17H12N2S. The fourth-order valence-electron chi connectivity index (χ4n) is 2.52. The van der Waals surface area contributed by atoms with Crippen LogP contribution >= 0.6 is 11.3 Å². The number of thiophene rings is 1. The van der Waals surface area contributed by atoms with Crippen LogP contribution in [-0.4, -0.2) is 9.97 Å². The molecule has 96 valence electrons. The minimum absolute atomic E-state index is 0.955. The van der Waals surface area contributed by atoms with Gasteiger partial charge in [-0.15, -0.1) is 11.3 Å². The molecule has 0 fully saturated rings. The molecule has 3 heteroatoms. The molecule has 0 radical (unpaired) electrons. The quantitative estimate of drug-likeness (QED) is 0.498. The largest absolute Gasteiger partial charge is 0.254 e. The third-order valence-corrected chi connectivity index (χ3v) is 4.45. The van der Waals surface area contributed by atoms with Crippen LogP contribution in [0.4, 0.5) is 0 Å². The van der Waals surface area contributed by atoms with Crippen LogP contribution in [0.5, 0.6) is 0 Å². The van der Waals surface area contributed by atoms with E-state index in [-0.39, 0.29) is 0 Å². The Morgan fingerprint density at radius 2 is 1.85 bits per heavy atom. The number of hydrogen-bond donors (Lipinski definition) is 0. The molecule has 0 aliphatic heterocycles. The van der Waals surface area contributed by atoms with Crippen molar-refractivity contribution in [3.05, 3.63) is 59.6 Å². The van der Waals surface area contributed by atoms with Crippen LogP contribution in [0.1, 0.15) is 4.88 Å². The smallest absolute Gasteiger partial charge is 0.0974 e. The normalized spacial score (nSPS) is 11.2. The summed E-state index contributed by atoms with van der Waals surface area (Å²) in [5, 5.41) is 1.21. The average Bonchev–Trinajstić information content (AvgIpc) is 2.89. The van der Waals surface area contributed by atoms with Crippen molar-refractivity contribution in [3.8, 4) is 11.3 Å². The molecule has 0 amide bonds. The fourth-order valence-corrected chi connectivity index (χ4v) is 3.55. The maximum Gasteiger partial charge on any atom is 0.0974 e. The highest BCUT2D eigenvalue weighted by Crippen LogP contribution is 2.36. The number of aryl methyl sites for hydroxylation is 1. The number of fused-ring (bicyclic) bond motifs is 3. The van der Waals surface area contributed by atoms with Gasteiger partial charge in [-0.2, -0.15) is 0 Å². The van der Waals surface area contributed by atoms with Crippen LogP contribution < -0.4 is 0 Å². The average molecular weight is 276 g/mol. The molecule has 0 saturated heterocycles. The highest BCUT2D eigenvalue weighted by Gasteiger charge is 2.13. The van der Waals surface area contributed by atoms with E-state index in [1.165, 1.54) is 15.0 Å². The van der Waals surface area contributed by atoms with Crippen molar-refractivity contribution in [2.75, 3.05) is 0 Å². The zero-order chi connectivity index (χ0) is 13.5. The second kappa shape index (κ2) is 4.39. The van der Waals surface area contributed by atoms with Crippen LogP contribution in [0.25, 0.3) is 32.4 Å². The lowest BCUT2D eigenvalue weighted by Gasteiger charge is -2.05. The van der Waals surface area contributed by atoms with Crippen LogP contribution in [0.15, 0.2) is 54.7 Å². The molecule has 0 atom stereocenters. The highest BCUT2D eigenvalue weighted by atomic mass is 32.1. The summed E-state index contributed by atoms with van der Waals surface area (Å²) in [4.78, 5) is 10.6. The maximum absolute atomic E-state index is 4.83. The van der Waals surface area contributed by atoms with Gasteiger partial charge in [-0.25, -0.2) is 4.98 Å². The summed E-state index contributed by atoms with van der Waals surface area (Å²) in [6.07, 6.45) is 1.83. The lowest BCUT2D eigenvalue weighted by atomic mass is 10.1. The Morgan fingerprint density at radius 1 is 1.00 bits per heavy atom. The number of nitrogens with zero attached hydrogens (tertiary/aromatic N) is 2. The van der Waals surface area contributed by atoms with E-state index in [2.05, 4.69) is 42.2 Å². The van der Waals surface area contributed by atoms with Gasteiger partial charge in [0.2, 0.25) is 0 Å². The lowest BCUT2D eigenvalue weighted by molar-refractivity contribution is 1.36. The van der Waals surface area contributed by atoms with Crippen molar-refractivity contribution in [1.29, 1.82) is 0 Å². The van der Waals surface area contributed by atoms with Gasteiger partial charge in [-0.1, -0.05) is 30.3 Å². The van der Waals surface area contributed by atoms with Crippen molar-refractivity contribution in [2.24, 2.45) is 0 Å². The van der Waals surface area contributed by atoms with Gasteiger partial charge in [0.05, 0.1) is 21.4 Å². The van der Waals surface area contributed by atoms with Gasteiger partial charge in [-0.05, 0) is 25.1 Å². The Hall–Kier alpha value is -2.26. The van der Waals surface area contributed by atoms with Crippen molar-refractivity contribution in [3.63, 3.8) is 0 Å². The monoisotopic (exact) mass is 276 g/mol. The first-order chi connectivity index (χ1) is 9.83. The zero-order valence-corrected chi connectivity index (χ0v) is 11.8. The lowest BCUT2D eigenvalue weighted by Crippen LogP contribution is -1.88. The molecule has 1 aromatic carbocycles. The topological polar surface area (TPSA) is 25.8 Å². The number of rotatable bonds is 1. The number of aromatic nitrogens is 2. The molecule has 0 N–H and O–H groups in total. The van der Waals surface area contributed by atoms with Crippen molar-refractivity contribution < 1.29 is 0 Å². The van der Waals surface area contributed by atoms with E-state index in [4.69, 9.17) is 4.98 Å². The summed E-state index contributed by atoms with van der Waals surface area (Å²) >= 11 is 1.79. The molecule has 20 heavy (non-hydrogen) atoms. The number of hydrogen-bond acceptors (Lipinski definition) is 3. The van der Waals surface area contributed by atoms with E-state index >= 15 is 0 Å². The van der Waals surface area contributed by atoms with Crippen LogP contribution in [0, 0.1) is 6.92 Å². The summed E-state index contributed by atoms with van der Waals surface area (Å²) in [6, 6.07) is 16.5. The second-order valence-corrected chi connectivity index (χ2v) is 6.05. The zero-order valence-electron chi connectivity index (χ0n) is 11.0. The van der Waals surface area contributed by atoms with Gasteiger partial charge < -0.3 is 0 Å². The Kier molecular flexibility index (Phi) is 2.54. The Balaban J connectivity index is 2.18. The summed E-state index contributed by atoms with van der Waals surface area (Å²) in [5.74, 6) is 0. The SMILES string of the molecule is Cc1cc2c(s1)c(-c1ccccc1)nc1cccnc12. The van der Waals surface area contributed by atoms with Gasteiger partial charge in [0.15, 0.2) is 0 Å². The Labute approximate surface area is 120 Å². The minimum atomic E-state index is 0.955. The van der Waals surface area contributed by atoms with Gasteiger partial charge in [-0.3, -0.25) is 4.98 Å². The van der Waals surface area contributed by atoms with E-state index in [1.54, 1.807) is 11.3 Å². The standard InChI is InChI=1S/C17H12N2S/c1-11-10-13-16-14(8-5-9-18-16)19-15(17(13)20-11)12-6-3-2-4-7-12/h2-10H,1H3. The van der Waals surface area contributed by atoms with Gasteiger partial charge in [0.25, 0.3) is 0 Å². The van der Waals surface area contributed by atoms with Crippen molar-refractivity contribution in [1.82, 2.24) is 9.97 Å². The Bertz CT molecular complexity index is 910. The molecule has 4 aromatic rings. The molecule has 0 unspecified atom stereocenters. The second-order valence-electron chi connectivity index (χ2n) is 4.80. The van der Waals surface area contributed by atoms with Crippen LogP contribution in [0.2, 0.25) is 0 Å². The molecule has 0 bridgehead atoms. The molecule has 3 heterocycles. The summed E-state index contributed by atoms with van der Waals surface area (Å²) < 4.78 is 1.22. The summed E-state index contributed by atoms with van der Waals surface area (Å²) in [6.45, 7) is 2.13. The number of pyridine rings is 2. The van der Waals surface area contributed by atoms with Gasteiger partial charge >= 0.3 is 0 Å². The minimum Gasteiger partial charge on any atom is -0.254 e. The maximum atomic E-state index is 4.83. The molecule has 0 spiro atoms. The predicted molar refractivity (Wildman–Crippen MR) is 85.1 cm³/mol. The molecule has 0 aliphatic carbocycles. The molecule has 4 rings (SSSR count). The van der Waals surface area contributed by atoms with E-state index in [9.17, 15) is 0 Å². The molecular weight excluding hydrogens is 264 g/mol. The van der Waals surface area contributed by atoms with Gasteiger partial charge in [0.1, 0.15) is 0 Å². The molecule has 3 aromatic heterocycles. The summed E-state index contributed by atoms with van der Waals surface area (Å²) in [5.41, 5.74) is 4.16. The molecule has 2 nitrogen and oxygen atoms in total. The van der Waals surface area contributed by atoms with E-state index < -0.39 is 0 Å². The Morgan fingerprint density at radius 3 is 2.70 bits per heavy atom.